The standard InChI is InChI=1S/C28H37NO2Si/c1-23(27(29)22-30-21-24-14-8-5-9-15-24)20-31-32(28(2,3)4,25-16-10-6-11-17-25)26-18-12-7-13-19-26/h5-19,23,27H,20-22,29H2,1-4H3/t23-,27-/m0/s1. The van der Waals surface area contributed by atoms with Crippen LogP contribution in [0.1, 0.15) is 33.3 Å². The third-order valence-corrected chi connectivity index (χ3v) is 11.1. The molecule has 4 heteroatoms. The molecule has 3 nitrogen and oxygen atoms in total. The molecular weight excluding hydrogens is 410 g/mol. The second kappa shape index (κ2) is 11.1. The van der Waals surface area contributed by atoms with Crippen LogP contribution < -0.4 is 16.1 Å². The van der Waals surface area contributed by atoms with Crippen molar-refractivity contribution in [2.45, 2.75) is 45.4 Å². The van der Waals surface area contributed by atoms with Crippen molar-refractivity contribution in [2.24, 2.45) is 11.7 Å². The minimum absolute atomic E-state index is 0.0384. The second-order valence-electron chi connectivity index (χ2n) is 9.62. The van der Waals surface area contributed by atoms with Gasteiger partial charge in [-0.05, 0) is 26.9 Å². The zero-order valence-corrected chi connectivity index (χ0v) is 20.8. The molecule has 0 spiro atoms. The SMILES string of the molecule is C[C@@H](CO[Si](c1ccccc1)(c1ccccc1)C(C)(C)C)[C@@H](N)COCc1ccccc1. The van der Waals surface area contributed by atoms with Gasteiger partial charge in [-0.3, -0.25) is 0 Å². The molecule has 0 radical (unpaired) electrons. The number of nitrogens with two attached hydrogens (primary N) is 1. The fourth-order valence-corrected chi connectivity index (χ4v) is 8.86. The molecule has 170 valence electrons. The Labute approximate surface area is 194 Å². The average molecular weight is 448 g/mol. The van der Waals surface area contributed by atoms with Gasteiger partial charge in [0.15, 0.2) is 0 Å². The number of rotatable bonds is 10. The van der Waals surface area contributed by atoms with Crippen molar-refractivity contribution in [3.63, 3.8) is 0 Å². The maximum Gasteiger partial charge on any atom is 0.261 e. The van der Waals surface area contributed by atoms with Crippen LogP contribution in [-0.2, 0) is 15.8 Å². The Morgan fingerprint density at radius 1 is 0.750 bits per heavy atom. The smallest absolute Gasteiger partial charge is 0.261 e. The predicted molar refractivity (Wildman–Crippen MR) is 137 cm³/mol. The first-order chi connectivity index (χ1) is 15.3. The number of benzene rings is 3. The van der Waals surface area contributed by atoms with E-state index in [2.05, 4.69) is 100 Å². The number of ether oxygens (including phenoxy) is 1. The van der Waals surface area contributed by atoms with Crippen LogP contribution in [0.5, 0.6) is 0 Å². The third-order valence-electron chi connectivity index (χ3n) is 6.13. The average Bonchev–Trinajstić information content (AvgIpc) is 2.80. The van der Waals surface area contributed by atoms with Crippen molar-refractivity contribution in [1.82, 2.24) is 0 Å². The molecule has 0 amide bonds. The summed E-state index contributed by atoms with van der Waals surface area (Å²) in [4.78, 5) is 0. The molecule has 0 aromatic heterocycles. The monoisotopic (exact) mass is 447 g/mol. The topological polar surface area (TPSA) is 44.5 Å². The van der Waals surface area contributed by atoms with Gasteiger partial charge < -0.3 is 14.9 Å². The quantitative estimate of drug-likeness (QED) is 0.457. The third kappa shape index (κ3) is 5.76. The van der Waals surface area contributed by atoms with Gasteiger partial charge in [0.1, 0.15) is 0 Å². The van der Waals surface area contributed by atoms with E-state index in [-0.39, 0.29) is 17.0 Å². The van der Waals surface area contributed by atoms with Gasteiger partial charge in [-0.25, -0.2) is 0 Å². The van der Waals surface area contributed by atoms with E-state index < -0.39 is 8.32 Å². The van der Waals surface area contributed by atoms with Crippen molar-refractivity contribution >= 4 is 18.7 Å². The lowest BCUT2D eigenvalue weighted by Gasteiger charge is -2.43. The van der Waals surface area contributed by atoms with E-state index in [4.69, 9.17) is 14.9 Å². The minimum Gasteiger partial charge on any atom is -0.407 e. The fourth-order valence-electron chi connectivity index (χ4n) is 4.19. The molecule has 32 heavy (non-hydrogen) atoms. The Kier molecular flexibility index (Phi) is 8.43. The fraction of sp³-hybridized carbons (Fsp3) is 0.357. The van der Waals surface area contributed by atoms with Crippen LogP contribution in [0.3, 0.4) is 0 Å². The first-order valence-electron chi connectivity index (χ1n) is 11.5. The molecule has 0 bridgehead atoms. The largest absolute Gasteiger partial charge is 0.407 e. The summed E-state index contributed by atoms with van der Waals surface area (Å²) in [7, 11) is -2.54. The minimum atomic E-state index is -2.54. The van der Waals surface area contributed by atoms with Crippen molar-refractivity contribution in [1.29, 1.82) is 0 Å². The molecule has 3 rings (SSSR count). The van der Waals surface area contributed by atoms with Crippen LogP contribution in [0.15, 0.2) is 91.0 Å². The summed E-state index contributed by atoms with van der Waals surface area (Å²) in [5.74, 6) is 0.174. The molecule has 0 fully saturated rings. The second-order valence-corrected chi connectivity index (χ2v) is 13.9. The maximum atomic E-state index is 7.02. The molecule has 0 aliphatic carbocycles. The highest BCUT2D eigenvalue weighted by Gasteiger charge is 2.50. The Balaban J connectivity index is 1.75. The van der Waals surface area contributed by atoms with Gasteiger partial charge in [-0.1, -0.05) is 119 Å². The van der Waals surface area contributed by atoms with Crippen LogP contribution in [0.2, 0.25) is 5.04 Å². The highest BCUT2D eigenvalue weighted by molar-refractivity contribution is 6.99. The van der Waals surface area contributed by atoms with Gasteiger partial charge in [0.05, 0.1) is 13.2 Å². The van der Waals surface area contributed by atoms with Gasteiger partial charge in [0.2, 0.25) is 0 Å². The van der Waals surface area contributed by atoms with Crippen molar-refractivity contribution < 1.29 is 9.16 Å². The van der Waals surface area contributed by atoms with Crippen LogP contribution in [0.4, 0.5) is 0 Å². The molecule has 2 N–H and O–H groups in total. The Bertz CT molecular complexity index is 886. The van der Waals surface area contributed by atoms with Crippen molar-refractivity contribution in [3.05, 3.63) is 96.6 Å². The molecule has 3 aromatic rings. The van der Waals surface area contributed by atoms with E-state index in [0.29, 0.717) is 19.8 Å². The molecule has 0 unspecified atom stereocenters. The summed E-state index contributed by atoms with van der Waals surface area (Å²) >= 11 is 0. The van der Waals surface area contributed by atoms with Gasteiger partial charge in [0, 0.05) is 12.6 Å². The first kappa shape index (κ1) is 24.4. The summed E-state index contributed by atoms with van der Waals surface area (Å²) in [5, 5.41) is 2.54. The molecule has 0 aliphatic rings. The van der Waals surface area contributed by atoms with Crippen molar-refractivity contribution in [2.75, 3.05) is 13.2 Å². The highest BCUT2D eigenvalue weighted by atomic mass is 28.4. The zero-order valence-electron chi connectivity index (χ0n) is 19.8. The molecular formula is C28H37NO2Si. The maximum absolute atomic E-state index is 7.02. The molecule has 0 saturated heterocycles. The van der Waals surface area contributed by atoms with E-state index in [1.807, 2.05) is 18.2 Å². The first-order valence-corrected chi connectivity index (χ1v) is 13.4. The lowest BCUT2D eigenvalue weighted by atomic mass is 10.1. The van der Waals surface area contributed by atoms with E-state index in [1.165, 1.54) is 10.4 Å². The number of hydrogen-bond donors (Lipinski definition) is 1. The van der Waals surface area contributed by atoms with Crippen LogP contribution in [0, 0.1) is 5.92 Å². The van der Waals surface area contributed by atoms with Gasteiger partial charge in [0.25, 0.3) is 8.32 Å². The summed E-state index contributed by atoms with van der Waals surface area (Å²) in [6.45, 7) is 10.8. The molecule has 3 aromatic carbocycles. The van der Waals surface area contributed by atoms with E-state index >= 15 is 0 Å². The summed E-state index contributed by atoms with van der Waals surface area (Å²) in [6.07, 6.45) is 0. The van der Waals surface area contributed by atoms with Gasteiger partial charge in [-0.2, -0.15) is 0 Å². The van der Waals surface area contributed by atoms with E-state index in [1.54, 1.807) is 0 Å². The van der Waals surface area contributed by atoms with E-state index in [0.717, 1.165) is 5.56 Å². The normalized spacial score (nSPS) is 14.2. The summed E-state index contributed by atoms with van der Waals surface area (Å²) < 4.78 is 12.9. The molecule has 0 aliphatic heterocycles. The number of hydrogen-bond acceptors (Lipinski definition) is 3. The molecule has 0 heterocycles. The Hall–Kier alpha value is -2.24. The van der Waals surface area contributed by atoms with Gasteiger partial charge >= 0.3 is 0 Å². The van der Waals surface area contributed by atoms with E-state index in [9.17, 15) is 0 Å². The molecule has 0 saturated carbocycles. The lowest BCUT2D eigenvalue weighted by molar-refractivity contribution is 0.0850. The predicted octanol–water partition coefficient (Wildman–Crippen LogP) is 4.74. The summed E-state index contributed by atoms with van der Waals surface area (Å²) in [6, 6.07) is 31.6. The highest BCUT2D eigenvalue weighted by Crippen LogP contribution is 2.37. The van der Waals surface area contributed by atoms with Crippen LogP contribution in [-0.4, -0.2) is 27.6 Å². The summed E-state index contributed by atoms with van der Waals surface area (Å²) in [5.41, 5.74) is 7.67. The Morgan fingerprint density at radius 3 is 1.69 bits per heavy atom. The van der Waals surface area contributed by atoms with Gasteiger partial charge in [-0.15, -0.1) is 0 Å². The lowest BCUT2D eigenvalue weighted by Crippen LogP contribution is -2.67. The zero-order chi connectivity index (χ0) is 23.0. The van der Waals surface area contributed by atoms with Crippen LogP contribution in [0.25, 0.3) is 0 Å². The van der Waals surface area contributed by atoms with Crippen LogP contribution >= 0.6 is 0 Å². The molecule has 2 atom stereocenters. The van der Waals surface area contributed by atoms with Crippen molar-refractivity contribution in [3.8, 4) is 0 Å². The Morgan fingerprint density at radius 2 is 1.22 bits per heavy atom.